The van der Waals surface area contributed by atoms with E-state index in [-0.39, 0.29) is 0 Å². The molecule has 154 valence electrons. The van der Waals surface area contributed by atoms with Crippen molar-refractivity contribution in [3.63, 3.8) is 0 Å². The van der Waals surface area contributed by atoms with Crippen molar-refractivity contribution in [2.24, 2.45) is 5.92 Å². The van der Waals surface area contributed by atoms with Crippen LogP contribution in [0.4, 0.5) is 0 Å². The van der Waals surface area contributed by atoms with Crippen LogP contribution in [-0.2, 0) is 6.42 Å². The Bertz CT molecular complexity index is 1050. The molecule has 4 aromatic carbocycles. The van der Waals surface area contributed by atoms with Gasteiger partial charge in [-0.1, -0.05) is 91.0 Å². The molecule has 0 amide bonds. The monoisotopic (exact) mass is 420 g/mol. The highest BCUT2D eigenvalue weighted by atomic mass is 31.1. The topological polar surface area (TPSA) is 0 Å². The molecule has 1 aliphatic rings. The molecule has 2 atom stereocenters. The van der Waals surface area contributed by atoms with E-state index in [0.29, 0.717) is 0 Å². The van der Waals surface area contributed by atoms with Crippen molar-refractivity contribution < 1.29 is 0 Å². The van der Waals surface area contributed by atoms with Gasteiger partial charge in [0.2, 0.25) is 0 Å². The van der Waals surface area contributed by atoms with E-state index in [1.165, 1.54) is 70.5 Å². The second-order valence-electron chi connectivity index (χ2n) is 8.56. The first-order valence-corrected chi connectivity index (χ1v) is 12.8. The minimum atomic E-state index is 0.805. The SMILES string of the molecule is c1ccc(-c2cc(-c3ccccc3)c(CC3CCCPC3)c(-c3ccccc3)c2)cc1. The lowest BCUT2D eigenvalue weighted by Gasteiger charge is -2.25. The second-order valence-corrected chi connectivity index (χ2v) is 9.97. The maximum absolute atomic E-state index is 2.43. The minimum Gasteiger partial charge on any atom is -0.122 e. The lowest BCUT2D eigenvalue weighted by molar-refractivity contribution is 0.519. The number of hydrogen-bond donors (Lipinski definition) is 0. The lowest BCUT2D eigenvalue weighted by atomic mass is 9.83. The highest BCUT2D eigenvalue weighted by molar-refractivity contribution is 7.38. The van der Waals surface area contributed by atoms with Crippen molar-refractivity contribution in [2.45, 2.75) is 19.3 Å². The fourth-order valence-corrected chi connectivity index (χ4v) is 6.24. The van der Waals surface area contributed by atoms with Crippen LogP contribution >= 0.6 is 8.58 Å². The summed E-state index contributed by atoms with van der Waals surface area (Å²) in [5.74, 6) is 0.805. The highest BCUT2D eigenvalue weighted by Crippen LogP contribution is 2.40. The van der Waals surface area contributed by atoms with E-state index in [2.05, 4.69) is 103 Å². The molecule has 1 saturated heterocycles. The van der Waals surface area contributed by atoms with Crippen molar-refractivity contribution in [1.29, 1.82) is 0 Å². The van der Waals surface area contributed by atoms with E-state index in [9.17, 15) is 0 Å². The van der Waals surface area contributed by atoms with E-state index in [1.54, 1.807) is 0 Å². The first-order chi connectivity index (χ1) is 15.4. The summed E-state index contributed by atoms with van der Waals surface area (Å²) in [5.41, 5.74) is 9.55. The summed E-state index contributed by atoms with van der Waals surface area (Å²) < 4.78 is 0. The Balaban J connectivity index is 1.73. The van der Waals surface area contributed by atoms with Gasteiger partial charge >= 0.3 is 0 Å². The van der Waals surface area contributed by atoms with Crippen LogP contribution in [0.5, 0.6) is 0 Å². The van der Waals surface area contributed by atoms with Crippen LogP contribution in [0.3, 0.4) is 0 Å². The molecule has 5 rings (SSSR count). The van der Waals surface area contributed by atoms with Crippen LogP contribution in [0.2, 0.25) is 0 Å². The summed E-state index contributed by atoms with van der Waals surface area (Å²) in [5, 5.41) is 0. The minimum absolute atomic E-state index is 0.805. The molecule has 0 aliphatic carbocycles. The summed E-state index contributed by atoms with van der Waals surface area (Å²) in [4.78, 5) is 0. The van der Waals surface area contributed by atoms with Crippen molar-refractivity contribution in [3.8, 4) is 33.4 Å². The molecule has 0 radical (unpaired) electrons. The van der Waals surface area contributed by atoms with Gasteiger partial charge in [0.15, 0.2) is 0 Å². The van der Waals surface area contributed by atoms with Gasteiger partial charge in [-0.3, -0.25) is 0 Å². The van der Waals surface area contributed by atoms with Crippen LogP contribution < -0.4 is 0 Å². The van der Waals surface area contributed by atoms with E-state index in [4.69, 9.17) is 0 Å². The molecule has 0 nitrogen and oxygen atoms in total. The van der Waals surface area contributed by atoms with Gasteiger partial charge in [0, 0.05) is 0 Å². The van der Waals surface area contributed by atoms with Gasteiger partial charge < -0.3 is 0 Å². The van der Waals surface area contributed by atoms with E-state index in [0.717, 1.165) is 14.5 Å². The van der Waals surface area contributed by atoms with Crippen molar-refractivity contribution in [1.82, 2.24) is 0 Å². The van der Waals surface area contributed by atoms with Crippen LogP contribution in [0.15, 0.2) is 103 Å². The summed E-state index contributed by atoms with van der Waals surface area (Å²) >= 11 is 0. The Labute approximate surface area is 188 Å². The van der Waals surface area contributed by atoms with Gasteiger partial charge in [-0.15, -0.1) is 8.58 Å². The molecule has 1 heterocycles. The third-order valence-corrected chi connectivity index (χ3v) is 7.99. The Kier molecular flexibility index (Phi) is 6.28. The molecule has 0 saturated carbocycles. The maximum Gasteiger partial charge on any atom is -0.0139 e. The van der Waals surface area contributed by atoms with Gasteiger partial charge in [0.1, 0.15) is 0 Å². The second kappa shape index (κ2) is 9.63. The number of rotatable bonds is 5. The molecular formula is C30H29P. The molecule has 1 fully saturated rings. The standard InChI is InChI=1S/C30H29P/c1-4-12-24(13-5-1)27-20-28(25-14-6-2-7-15-25)30(19-23-11-10-18-31-22-23)29(21-27)26-16-8-3-9-17-26/h1-9,12-17,20-21,23,31H,10-11,18-19,22H2. The number of benzene rings is 4. The van der Waals surface area contributed by atoms with Gasteiger partial charge in [-0.2, -0.15) is 0 Å². The Morgan fingerprint density at radius 2 is 1.13 bits per heavy atom. The molecule has 2 unspecified atom stereocenters. The highest BCUT2D eigenvalue weighted by Gasteiger charge is 2.20. The third kappa shape index (κ3) is 4.65. The Morgan fingerprint density at radius 3 is 1.61 bits per heavy atom. The lowest BCUT2D eigenvalue weighted by Crippen LogP contribution is -2.13. The van der Waals surface area contributed by atoms with E-state index < -0.39 is 0 Å². The predicted molar refractivity (Wildman–Crippen MR) is 137 cm³/mol. The quantitative estimate of drug-likeness (QED) is 0.285. The van der Waals surface area contributed by atoms with Gasteiger partial charge in [-0.05, 0) is 88.6 Å². The Morgan fingerprint density at radius 1 is 0.613 bits per heavy atom. The molecule has 1 aliphatic heterocycles. The van der Waals surface area contributed by atoms with Crippen LogP contribution in [0.25, 0.3) is 33.4 Å². The molecule has 1 heteroatoms. The van der Waals surface area contributed by atoms with Gasteiger partial charge in [-0.25, -0.2) is 0 Å². The maximum atomic E-state index is 2.43. The predicted octanol–water partition coefficient (Wildman–Crippen LogP) is 8.32. The Hall–Kier alpha value is -2.69. The summed E-state index contributed by atoms with van der Waals surface area (Å²) in [6.45, 7) is 0. The summed E-state index contributed by atoms with van der Waals surface area (Å²) in [6, 6.07) is 37.6. The molecular weight excluding hydrogens is 391 g/mol. The van der Waals surface area contributed by atoms with Crippen molar-refractivity contribution >= 4 is 8.58 Å². The first-order valence-electron chi connectivity index (χ1n) is 11.4. The zero-order valence-corrected chi connectivity index (χ0v) is 18.9. The van der Waals surface area contributed by atoms with Gasteiger partial charge in [0.25, 0.3) is 0 Å². The van der Waals surface area contributed by atoms with E-state index >= 15 is 0 Å². The largest absolute Gasteiger partial charge is 0.122 e. The summed E-state index contributed by atoms with van der Waals surface area (Å²) in [7, 11) is 1.14. The smallest absolute Gasteiger partial charge is 0.0139 e. The number of hydrogen-bond acceptors (Lipinski definition) is 0. The third-order valence-electron chi connectivity index (χ3n) is 6.42. The zero-order valence-electron chi connectivity index (χ0n) is 17.9. The van der Waals surface area contributed by atoms with Gasteiger partial charge in [0.05, 0.1) is 0 Å². The van der Waals surface area contributed by atoms with Crippen LogP contribution in [0, 0.1) is 5.92 Å². The van der Waals surface area contributed by atoms with E-state index in [1.807, 2.05) is 0 Å². The average molecular weight is 421 g/mol. The summed E-state index contributed by atoms with van der Waals surface area (Å²) in [6.07, 6.45) is 6.77. The fraction of sp³-hybridized carbons (Fsp3) is 0.200. The average Bonchev–Trinajstić information content (AvgIpc) is 2.86. The molecule has 0 spiro atoms. The molecule has 4 aromatic rings. The van der Waals surface area contributed by atoms with Crippen molar-refractivity contribution in [2.75, 3.05) is 12.3 Å². The van der Waals surface area contributed by atoms with Crippen LogP contribution in [-0.4, -0.2) is 12.3 Å². The van der Waals surface area contributed by atoms with Crippen molar-refractivity contribution in [3.05, 3.63) is 109 Å². The molecule has 0 aromatic heterocycles. The molecule has 31 heavy (non-hydrogen) atoms. The fourth-order valence-electron chi connectivity index (χ4n) is 4.83. The first kappa shape index (κ1) is 20.2. The zero-order chi connectivity index (χ0) is 20.9. The molecule has 0 bridgehead atoms. The normalized spacial score (nSPS) is 17.0. The van der Waals surface area contributed by atoms with Crippen LogP contribution in [0.1, 0.15) is 18.4 Å². The molecule has 0 N–H and O–H groups in total.